The van der Waals surface area contributed by atoms with E-state index in [0.717, 1.165) is 0 Å². The van der Waals surface area contributed by atoms with E-state index in [1.165, 1.54) is 668 Å². The molecule has 0 amide bonds. The first-order valence-electron chi connectivity index (χ1n) is 54.0. The second kappa shape index (κ2) is 106. The zero-order valence-electron chi connectivity index (χ0n) is 77.3. The van der Waals surface area contributed by atoms with Gasteiger partial charge in [-0.05, 0) is 18.8 Å². The molecule has 0 bridgehead atoms. The minimum Gasteiger partial charge on any atom is -0.396 e. The van der Waals surface area contributed by atoms with E-state index in [1.807, 2.05) is 0 Å². The van der Waals surface area contributed by atoms with Crippen LogP contribution in [0.3, 0.4) is 0 Å². The summed E-state index contributed by atoms with van der Waals surface area (Å²) in [5.41, 5.74) is 0. The van der Waals surface area contributed by atoms with Crippen LogP contribution in [0.2, 0.25) is 0 Å². The topological polar surface area (TPSA) is 20.2 Å². The molecule has 0 aliphatic heterocycles. The SMILES string of the molecule is CCCCCCCCCCCCCCCCCCCCCCCCCCCCCCCCCCCCCCCCCCCCCCCCCCCCCCCCCCCCCCCCCCCCCCCCCCCCCCCCCCCCCCCCCCCCCCCCCCCCC(CO)CCCCCC. The number of aliphatic hydroxyl groups is 1. The molecule has 1 atom stereocenters. The molecule has 0 aromatic carbocycles. The quantitative estimate of drug-likeness (QED) is 0.0602. The average molecular weight is 1530 g/mol. The highest BCUT2D eigenvalue weighted by molar-refractivity contribution is 4.62. The summed E-state index contributed by atoms with van der Waals surface area (Å²) in [6.45, 7) is 5.01. The third-order valence-corrected chi connectivity index (χ3v) is 26.7. The van der Waals surface area contributed by atoms with Crippen molar-refractivity contribution in [3.05, 3.63) is 0 Å². The van der Waals surface area contributed by atoms with Crippen LogP contribution in [0.5, 0.6) is 0 Å². The third kappa shape index (κ3) is 104. The van der Waals surface area contributed by atoms with Crippen molar-refractivity contribution in [2.24, 2.45) is 5.92 Å². The Hall–Kier alpha value is -0.0400. The van der Waals surface area contributed by atoms with Crippen LogP contribution in [0.15, 0.2) is 0 Å². The Balaban J connectivity index is 3.11. The molecule has 109 heavy (non-hydrogen) atoms. The summed E-state index contributed by atoms with van der Waals surface area (Å²) >= 11 is 0. The summed E-state index contributed by atoms with van der Waals surface area (Å²) in [5, 5.41) is 9.67. The average Bonchev–Trinajstić information content (AvgIpc) is 2.34. The molecule has 0 radical (unpaired) electrons. The highest BCUT2D eigenvalue weighted by atomic mass is 16.3. The molecule has 0 aromatic heterocycles. The van der Waals surface area contributed by atoms with Gasteiger partial charge < -0.3 is 5.11 Å². The van der Waals surface area contributed by atoms with E-state index in [-0.39, 0.29) is 0 Å². The van der Waals surface area contributed by atoms with Gasteiger partial charge in [-0.3, -0.25) is 0 Å². The second-order valence-corrected chi connectivity index (χ2v) is 38.0. The van der Waals surface area contributed by atoms with E-state index in [0.29, 0.717) is 12.5 Å². The molecule has 0 aliphatic rings. The maximum atomic E-state index is 9.67. The Morgan fingerprint density at radius 3 is 0.239 bits per heavy atom. The van der Waals surface area contributed by atoms with E-state index in [2.05, 4.69) is 13.8 Å². The number of hydrogen-bond acceptors (Lipinski definition) is 1. The van der Waals surface area contributed by atoms with Crippen molar-refractivity contribution in [1.29, 1.82) is 0 Å². The number of hydrogen-bond donors (Lipinski definition) is 1. The van der Waals surface area contributed by atoms with Gasteiger partial charge >= 0.3 is 0 Å². The summed E-state index contributed by atoms with van der Waals surface area (Å²) in [5.74, 6) is 0.572. The predicted molar refractivity (Wildman–Crippen MR) is 502 cm³/mol. The van der Waals surface area contributed by atoms with Gasteiger partial charge in [0.2, 0.25) is 0 Å². The van der Waals surface area contributed by atoms with E-state index in [9.17, 15) is 5.11 Å². The van der Waals surface area contributed by atoms with Crippen LogP contribution in [-0.2, 0) is 0 Å². The lowest BCUT2D eigenvalue weighted by Crippen LogP contribution is -2.06. The zero-order chi connectivity index (χ0) is 77.8. The van der Waals surface area contributed by atoms with E-state index in [4.69, 9.17) is 0 Å². The molecule has 0 saturated carbocycles. The molecule has 1 N–H and O–H groups in total. The Kier molecular flexibility index (Phi) is 106. The third-order valence-electron chi connectivity index (χ3n) is 26.7. The molecule has 0 spiro atoms. The molecule has 0 saturated heterocycles. The van der Waals surface area contributed by atoms with Crippen molar-refractivity contribution in [3.63, 3.8) is 0 Å². The normalized spacial score (nSPS) is 12.1. The Bertz CT molecular complexity index is 1470. The fourth-order valence-corrected chi connectivity index (χ4v) is 18.7. The largest absolute Gasteiger partial charge is 0.396 e. The number of rotatable bonds is 105. The van der Waals surface area contributed by atoms with Crippen LogP contribution in [0.25, 0.3) is 0 Å². The van der Waals surface area contributed by atoms with Crippen LogP contribution >= 0.6 is 0 Å². The predicted octanol–water partition coefficient (Wildman–Crippen LogP) is 41.2. The molecule has 0 aliphatic carbocycles. The van der Waals surface area contributed by atoms with Gasteiger partial charge in [0.05, 0.1) is 0 Å². The maximum absolute atomic E-state index is 9.67. The summed E-state index contributed by atoms with van der Waals surface area (Å²) in [7, 11) is 0. The van der Waals surface area contributed by atoms with Gasteiger partial charge in [0, 0.05) is 6.61 Å². The van der Waals surface area contributed by atoms with Gasteiger partial charge in [-0.2, -0.15) is 0 Å². The molecule has 0 fully saturated rings. The van der Waals surface area contributed by atoms with Crippen LogP contribution in [0.4, 0.5) is 0 Å². The Morgan fingerprint density at radius 2 is 0.165 bits per heavy atom. The first-order valence-corrected chi connectivity index (χ1v) is 54.0. The van der Waals surface area contributed by atoms with Gasteiger partial charge in [-0.25, -0.2) is 0 Å². The molecular formula is C108H218O. The van der Waals surface area contributed by atoms with Crippen LogP contribution in [0.1, 0.15) is 682 Å². The summed E-state index contributed by atoms with van der Waals surface area (Å²) in [6, 6.07) is 0. The Morgan fingerprint density at radius 1 is 0.101 bits per heavy atom. The van der Waals surface area contributed by atoms with E-state index in [1.54, 1.807) is 0 Å². The van der Waals surface area contributed by atoms with Crippen molar-refractivity contribution in [3.8, 4) is 0 Å². The second-order valence-electron chi connectivity index (χ2n) is 38.0. The minimum absolute atomic E-state index is 0.409. The first kappa shape index (κ1) is 109. The fraction of sp³-hybridized carbons (Fsp3) is 1.00. The van der Waals surface area contributed by atoms with Crippen molar-refractivity contribution in [2.75, 3.05) is 6.61 Å². The van der Waals surface area contributed by atoms with Crippen molar-refractivity contribution < 1.29 is 5.11 Å². The standard InChI is InChI=1S/C108H218O/c1-3-5-7-9-10-11-12-13-14-15-16-17-18-19-20-21-22-23-24-25-26-27-28-29-30-31-32-33-34-35-36-37-38-39-40-41-42-43-44-45-46-47-48-49-50-51-52-53-54-55-56-57-58-59-60-61-62-63-64-65-66-67-68-69-70-71-72-73-74-75-76-77-78-79-80-81-82-83-84-85-86-87-88-89-90-91-92-93-94-95-96-97-98-99-100-101-102-104-106-108(107-109)105-103-8-6-4-2/h108-109H,3-107H2,1-2H3. The highest BCUT2D eigenvalue weighted by Crippen LogP contribution is 2.25. The molecular weight excluding hydrogens is 1310 g/mol. The molecule has 1 unspecified atom stereocenters. The highest BCUT2D eigenvalue weighted by Gasteiger charge is 2.08. The van der Waals surface area contributed by atoms with E-state index >= 15 is 0 Å². The molecule has 1 nitrogen and oxygen atoms in total. The van der Waals surface area contributed by atoms with Crippen LogP contribution in [-0.4, -0.2) is 11.7 Å². The monoisotopic (exact) mass is 1530 g/mol. The number of unbranched alkanes of at least 4 members (excludes halogenated alkanes) is 100. The van der Waals surface area contributed by atoms with Crippen LogP contribution < -0.4 is 0 Å². The minimum atomic E-state index is 0.409. The fourth-order valence-electron chi connectivity index (χ4n) is 18.7. The smallest absolute Gasteiger partial charge is 0.0459 e. The zero-order valence-corrected chi connectivity index (χ0v) is 77.3. The van der Waals surface area contributed by atoms with Gasteiger partial charge in [0.1, 0.15) is 0 Å². The summed E-state index contributed by atoms with van der Waals surface area (Å²) < 4.78 is 0. The summed E-state index contributed by atoms with van der Waals surface area (Å²) in [6.07, 6.45) is 154. The van der Waals surface area contributed by atoms with Crippen molar-refractivity contribution >= 4 is 0 Å². The van der Waals surface area contributed by atoms with Gasteiger partial charge in [-0.1, -0.05) is 669 Å². The van der Waals surface area contributed by atoms with Gasteiger partial charge in [0.15, 0.2) is 0 Å². The molecule has 656 valence electrons. The Labute approximate surface area is 695 Å². The van der Waals surface area contributed by atoms with Crippen molar-refractivity contribution in [1.82, 2.24) is 0 Å². The number of aliphatic hydroxyl groups excluding tert-OH is 1. The molecule has 0 rings (SSSR count). The maximum Gasteiger partial charge on any atom is 0.0459 e. The lowest BCUT2D eigenvalue weighted by Gasteiger charge is -2.13. The first-order chi connectivity index (χ1) is 54.3. The van der Waals surface area contributed by atoms with Gasteiger partial charge in [0.25, 0.3) is 0 Å². The molecule has 0 aromatic rings. The van der Waals surface area contributed by atoms with E-state index < -0.39 is 0 Å². The molecule has 1 heteroatoms. The molecule has 0 heterocycles. The van der Waals surface area contributed by atoms with Gasteiger partial charge in [-0.15, -0.1) is 0 Å². The summed E-state index contributed by atoms with van der Waals surface area (Å²) in [4.78, 5) is 0. The van der Waals surface area contributed by atoms with Crippen LogP contribution in [0, 0.1) is 5.92 Å². The van der Waals surface area contributed by atoms with Crippen molar-refractivity contribution in [2.45, 2.75) is 682 Å². The lowest BCUT2D eigenvalue weighted by molar-refractivity contribution is 0.204. The lowest BCUT2D eigenvalue weighted by atomic mass is 9.95.